The van der Waals surface area contributed by atoms with Crippen LogP contribution in [0.2, 0.25) is 0 Å². The van der Waals surface area contributed by atoms with Gasteiger partial charge in [0.15, 0.2) is 0 Å². The molecule has 0 saturated carbocycles. The van der Waals surface area contributed by atoms with Crippen LogP contribution in [0.15, 0.2) is 23.1 Å². The van der Waals surface area contributed by atoms with Crippen molar-refractivity contribution in [2.45, 2.75) is 18.2 Å². The SMILES string of the molecule is CCN(CCCO)c1cccc(SC)c1C(=N)N. The fourth-order valence-corrected chi connectivity index (χ4v) is 2.57. The Hall–Kier alpha value is -1.20. The van der Waals surface area contributed by atoms with Crippen molar-refractivity contribution in [3.63, 3.8) is 0 Å². The average molecular weight is 267 g/mol. The Labute approximate surface area is 113 Å². The minimum Gasteiger partial charge on any atom is -0.396 e. The zero-order chi connectivity index (χ0) is 13.5. The van der Waals surface area contributed by atoms with Gasteiger partial charge in [0, 0.05) is 30.3 Å². The molecule has 0 aliphatic carbocycles. The van der Waals surface area contributed by atoms with Crippen LogP contribution in [0, 0.1) is 5.41 Å². The maximum absolute atomic E-state index is 8.94. The maximum atomic E-state index is 8.94. The van der Waals surface area contributed by atoms with E-state index < -0.39 is 0 Å². The molecule has 0 saturated heterocycles. The van der Waals surface area contributed by atoms with E-state index in [9.17, 15) is 0 Å². The zero-order valence-electron chi connectivity index (χ0n) is 10.9. The number of thioether (sulfide) groups is 1. The summed E-state index contributed by atoms with van der Waals surface area (Å²) in [6.07, 6.45) is 2.70. The van der Waals surface area contributed by atoms with Crippen LogP contribution in [-0.4, -0.2) is 36.9 Å². The third-order valence-corrected chi connectivity index (χ3v) is 3.58. The normalized spacial score (nSPS) is 10.4. The van der Waals surface area contributed by atoms with Crippen LogP contribution in [0.5, 0.6) is 0 Å². The summed E-state index contributed by atoms with van der Waals surface area (Å²) in [5.74, 6) is 0.0948. The van der Waals surface area contributed by atoms with Crippen molar-refractivity contribution in [2.24, 2.45) is 5.73 Å². The molecule has 5 heteroatoms. The first-order valence-electron chi connectivity index (χ1n) is 6.02. The van der Waals surface area contributed by atoms with Gasteiger partial charge in [-0.3, -0.25) is 5.41 Å². The molecule has 0 atom stereocenters. The fourth-order valence-electron chi connectivity index (χ4n) is 1.93. The molecule has 100 valence electrons. The summed E-state index contributed by atoms with van der Waals surface area (Å²) in [5, 5.41) is 16.7. The van der Waals surface area contributed by atoms with Crippen LogP contribution in [0.4, 0.5) is 5.69 Å². The number of amidine groups is 1. The second-order valence-electron chi connectivity index (χ2n) is 3.92. The number of nitrogen functional groups attached to an aromatic ring is 1. The van der Waals surface area contributed by atoms with Gasteiger partial charge in [-0.2, -0.15) is 0 Å². The zero-order valence-corrected chi connectivity index (χ0v) is 11.8. The van der Waals surface area contributed by atoms with Gasteiger partial charge in [-0.25, -0.2) is 0 Å². The van der Waals surface area contributed by atoms with Gasteiger partial charge < -0.3 is 15.7 Å². The summed E-state index contributed by atoms with van der Waals surface area (Å²) in [4.78, 5) is 3.16. The number of aliphatic hydroxyl groups excluding tert-OH is 1. The molecule has 0 spiro atoms. The lowest BCUT2D eigenvalue weighted by atomic mass is 10.1. The van der Waals surface area contributed by atoms with Crippen molar-refractivity contribution in [3.05, 3.63) is 23.8 Å². The first-order valence-corrected chi connectivity index (χ1v) is 7.25. The molecular weight excluding hydrogens is 246 g/mol. The summed E-state index contributed by atoms with van der Waals surface area (Å²) in [5.41, 5.74) is 7.48. The molecule has 1 aromatic rings. The van der Waals surface area contributed by atoms with Gasteiger partial charge in [0.25, 0.3) is 0 Å². The second kappa shape index (κ2) is 7.28. The molecule has 0 heterocycles. The average Bonchev–Trinajstić information content (AvgIpc) is 2.38. The van der Waals surface area contributed by atoms with Gasteiger partial charge in [0.05, 0.1) is 5.56 Å². The number of nitrogens with one attached hydrogen (secondary N) is 1. The van der Waals surface area contributed by atoms with Crippen molar-refractivity contribution in [3.8, 4) is 0 Å². The standard InChI is InChI=1S/C13H21N3OS/c1-3-16(8-5-9-17)10-6-4-7-11(18-2)12(10)13(14)15/h4,6-7,17H,3,5,8-9H2,1-2H3,(H3,14,15). The molecule has 0 radical (unpaired) electrons. The predicted octanol–water partition coefficient (Wildman–Crippen LogP) is 1.90. The Balaban J connectivity index is 3.16. The Bertz CT molecular complexity index is 409. The van der Waals surface area contributed by atoms with Crippen LogP contribution in [0.25, 0.3) is 0 Å². The number of hydrogen-bond donors (Lipinski definition) is 3. The lowest BCUT2D eigenvalue weighted by Crippen LogP contribution is -2.28. The maximum Gasteiger partial charge on any atom is 0.126 e. The number of nitrogens with zero attached hydrogens (tertiary/aromatic N) is 1. The molecule has 0 aromatic heterocycles. The highest BCUT2D eigenvalue weighted by atomic mass is 32.2. The lowest BCUT2D eigenvalue weighted by Gasteiger charge is -2.26. The molecule has 1 rings (SSSR count). The molecule has 18 heavy (non-hydrogen) atoms. The van der Waals surface area contributed by atoms with Crippen molar-refractivity contribution < 1.29 is 5.11 Å². The third kappa shape index (κ3) is 3.40. The second-order valence-corrected chi connectivity index (χ2v) is 4.77. The Morgan fingerprint density at radius 2 is 2.22 bits per heavy atom. The van der Waals surface area contributed by atoms with Gasteiger partial charge in [0.1, 0.15) is 5.84 Å². The number of aliphatic hydroxyl groups is 1. The van der Waals surface area contributed by atoms with E-state index in [4.69, 9.17) is 16.2 Å². The summed E-state index contributed by atoms with van der Waals surface area (Å²) < 4.78 is 0. The minimum absolute atomic E-state index is 0.0948. The van der Waals surface area contributed by atoms with E-state index in [1.807, 2.05) is 24.5 Å². The number of anilines is 1. The summed E-state index contributed by atoms with van der Waals surface area (Å²) in [7, 11) is 0. The van der Waals surface area contributed by atoms with Gasteiger partial charge >= 0.3 is 0 Å². The lowest BCUT2D eigenvalue weighted by molar-refractivity contribution is 0.289. The van der Waals surface area contributed by atoms with Crippen LogP contribution in [0.3, 0.4) is 0 Å². The van der Waals surface area contributed by atoms with Crippen molar-refractivity contribution >= 4 is 23.3 Å². The quantitative estimate of drug-likeness (QED) is 0.401. The third-order valence-electron chi connectivity index (χ3n) is 2.80. The van der Waals surface area contributed by atoms with E-state index in [0.717, 1.165) is 29.2 Å². The molecule has 1 aromatic carbocycles. The predicted molar refractivity (Wildman–Crippen MR) is 78.8 cm³/mol. The summed E-state index contributed by atoms with van der Waals surface area (Å²) >= 11 is 1.59. The van der Waals surface area contributed by atoms with Crippen molar-refractivity contribution in [1.29, 1.82) is 5.41 Å². The topological polar surface area (TPSA) is 73.3 Å². The van der Waals surface area contributed by atoms with Crippen molar-refractivity contribution in [1.82, 2.24) is 0 Å². The van der Waals surface area contributed by atoms with Crippen LogP contribution in [0.1, 0.15) is 18.9 Å². The van der Waals surface area contributed by atoms with Gasteiger partial charge in [-0.05, 0) is 31.7 Å². The molecule has 0 unspecified atom stereocenters. The van der Waals surface area contributed by atoms with Gasteiger partial charge in [-0.1, -0.05) is 6.07 Å². The summed E-state index contributed by atoms with van der Waals surface area (Å²) in [6, 6.07) is 5.94. The van der Waals surface area contributed by atoms with E-state index in [1.165, 1.54) is 0 Å². The van der Waals surface area contributed by atoms with E-state index in [1.54, 1.807) is 11.8 Å². The molecule has 0 aliphatic rings. The number of nitrogens with two attached hydrogens (primary N) is 1. The van der Waals surface area contributed by atoms with E-state index >= 15 is 0 Å². The Morgan fingerprint density at radius 1 is 1.50 bits per heavy atom. The molecule has 0 fully saturated rings. The van der Waals surface area contributed by atoms with Gasteiger partial charge in [-0.15, -0.1) is 11.8 Å². The first-order chi connectivity index (χ1) is 8.65. The van der Waals surface area contributed by atoms with Crippen LogP contribution in [-0.2, 0) is 0 Å². The highest BCUT2D eigenvalue weighted by molar-refractivity contribution is 7.98. The molecule has 0 amide bonds. The van der Waals surface area contributed by atoms with Gasteiger partial charge in [0.2, 0.25) is 0 Å². The van der Waals surface area contributed by atoms with E-state index in [-0.39, 0.29) is 12.4 Å². The Kier molecular flexibility index (Phi) is 6.01. The molecule has 4 nitrogen and oxygen atoms in total. The first kappa shape index (κ1) is 14.9. The molecule has 0 bridgehead atoms. The smallest absolute Gasteiger partial charge is 0.126 e. The molecular formula is C13H21N3OS. The monoisotopic (exact) mass is 267 g/mol. The molecule has 4 N–H and O–H groups in total. The van der Waals surface area contributed by atoms with E-state index in [2.05, 4.69) is 11.8 Å². The summed E-state index contributed by atoms with van der Waals surface area (Å²) in [6.45, 7) is 3.84. The number of rotatable bonds is 7. The minimum atomic E-state index is 0.0948. The van der Waals surface area contributed by atoms with Crippen molar-refractivity contribution in [2.75, 3.05) is 30.9 Å². The number of benzene rings is 1. The molecule has 0 aliphatic heterocycles. The highest BCUT2D eigenvalue weighted by Crippen LogP contribution is 2.29. The number of hydrogen-bond acceptors (Lipinski definition) is 4. The van der Waals surface area contributed by atoms with Crippen LogP contribution >= 0.6 is 11.8 Å². The van der Waals surface area contributed by atoms with E-state index in [0.29, 0.717) is 6.42 Å². The Morgan fingerprint density at radius 3 is 2.72 bits per heavy atom. The highest BCUT2D eigenvalue weighted by Gasteiger charge is 2.15. The van der Waals surface area contributed by atoms with Crippen LogP contribution < -0.4 is 10.6 Å². The largest absolute Gasteiger partial charge is 0.396 e. The fraction of sp³-hybridized carbons (Fsp3) is 0.462.